The molecule has 0 radical (unpaired) electrons. The van der Waals surface area contributed by atoms with Crippen molar-refractivity contribution in [2.24, 2.45) is 0 Å². The molecule has 23 heavy (non-hydrogen) atoms. The number of carbonyl (C=O) groups is 1. The van der Waals surface area contributed by atoms with Crippen LogP contribution in [0.25, 0.3) is 11.1 Å². The topological polar surface area (TPSA) is 55.8 Å². The van der Waals surface area contributed by atoms with Gasteiger partial charge in [-0.15, -0.1) is 0 Å². The van der Waals surface area contributed by atoms with E-state index in [1.807, 2.05) is 54.6 Å². The molecule has 0 bridgehead atoms. The molecule has 2 rings (SSSR count). The molecular formula is C19H20O4. The maximum absolute atomic E-state index is 11.3. The summed E-state index contributed by atoms with van der Waals surface area (Å²) in [6.45, 7) is 4.95. The fourth-order valence-corrected chi connectivity index (χ4v) is 1.98. The van der Waals surface area contributed by atoms with Gasteiger partial charge in [-0.05, 0) is 18.6 Å². The molecule has 0 aliphatic carbocycles. The maximum Gasteiger partial charge on any atom is 0.333 e. The number of hydrogen-bond acceptors (Lipinski definition) is 4. The summed E-state index contributed by atoms with van der Waals surface area (Å²) in [5.74, 6) is 0.151. The number of esters is 1. The molecule has 0 amide bonds. The van der Waals surface area contributed by atoms with E-state index in [4.69, 9.17) is 9.47 Å². The molecule has 0 aliphatic heterocycles. The van der Waals surface area contributed by atoms with Gasteiger partial charge < -0.3 is 14.6 Å². The highest BCUT2D eigenvalue weighted by atomic mass is 16.5. The number of aliphatic hydroxyl groups is 1. The molecule has 0 heterocycles. The zero-order valence-corrected chi connectivity index (χ0v) is 13.1. The Kier molecular flexibility index (Phi) is 5.94. The molecular weight excluding hydrogens is 292 g/mol. The van der Waals surface area contributed by atoms with Gasteiger partial charge in [0.05, 0.1) is 0 Å². The number of rotatable bonds is 7. The first-order chi connectivity index (χ1) is 11.1. The van der Waals surface area contributed by atoms with Gasteiger partial charge in [0, 0.05) is 11.1 Å². The molecule has 120 valence electrons. The molecule has 0 saturated carbocycles. The van der Waals surface area contributed by atoms with Crippen LogP contribution in [-0.4, -0.2) is 30.4 Å². The number of carbonyl (C=O) groups excluding carboxylic acids is 1. The van der Waals surface area contributed by atoms with Crippen LogP contribution in [0.15, 0.2) is 66.7 Å². The third-order valence-electron chi connectivity index (χ3n) is 3.16. The maximum atomic E-state index is 11.3. The van der Waals surface area contributed by atoms with Crippen molar-refractivity contribution in [2.75, 3.05) is 13.2 Å². The van der Waals surface area contributed by atoms with Crippen molar-refractivity contribution in [2.45, 2.75) is 13.0 Å². The van der Waals surface area contributed by atoms with Crippen LogP contribution in [0.5, 0.6) is 5.75 Å². The minimum atomic E-state index is -0.901. The lowest BCUT2D eigenvalue weighted by Gasteiger charge is -2.15. The van der Waals surface area contributed by atoms with Crippen molar-refractivity contribution in [1.29, 1.82) is 0 Å². The second-order valence-corrected chi connectivity index (χ2v) is 5.21. The summed E-state index contributed by atoms with van der Waals surface area (Å²) < 4.78 is 10.6. The van der Waals surface area contributed by atoms with E-state index >= 15 is 0 Å². The van der Waals surface area contributed by atoms with Gasteiger partial charge in [0.2, 0.25) is 0 Å². The second kappa shape index (κ2) is 8.15. The first-order valence-electron chi connectivity index (χ1n) is 7.36. The Morgan fingerprint density at radius 3 is 2.43 bits per heavy atom. The van der Waals surface area contributed by atoms with Crippen LogP contribution in [0.4, 0.5) is 0 Å². The third-order valence-corrected chi connectivity index (χ3v) is 3.16. The van der Waals surface area contributed by atoms with Crippen molar-refractivity contribution < 1.29 is 19.4 Å². The van der Waals surface area contributed by atoms with E-state index in [1.54, 1.807) is 6.92 Å². The Balaban J connectivity index is 1.96. The Labute approximate surface area is 136 Å². The SMILES string of the molecule is C=C(C)C(=O)OCC(O)COc1ccccc1-c1ccccc1. The van der Waals surface area contributed by atoms with E-state index in [-0.39, 0.29) is 13.2 Å². The van der Waals surface area contributed by atoms with Crippen LogP contribution in [-0.2, 0) is 9.53 Å². The number of aliphatic hydroxyl groups excluding tert-OH is 1. The number of hydrogen-bond donors (Lipinski definition) is 1. The quantitative estimate of drug-likeness (QED) is 0.630. The molecule has 2 aromatic rings. The van der Waals surface area contributed by atoms with Gasteiger partial charge in [0.1, 0.15) is 25.1 Å². The summed E-state index contributed by atoms with van der Waals surface area (Å²) in [5.41, 5.74) is 2.28. The first-order valence-corrected chi connectivity index (χ1v) is 7.36. The molecule has 0 spiro atoms. The minimum absolute atomic E-state index is 0.0350. The normalized spacial score (nSPS) is 11.6. The minimum Gasteiger partial charge on any atom is -0.490 e. The molecule has 0 aromatic heterocycles. The molecule has 1 atom stereocenters. The van der Waals surface area contributed by atoms with Crippen LogP contribution in [0.3, 0.4) is 0 Å². The van der Waals surface area contributed by atoms with Crippen molar-refractivity contribution in [1.82, 2.24) is 0 Å². The van der Waals surface area contributed by atoms with Crippen LogP contribution >= 0.6 is 0 Å². The smallest absolute Gasteiger partial charge is 0.333 e. The summed E-state index contributed by atoms with van der Waals surface area (Å²) in [7, 11) is 0. The van der Waals surface area contributed by atoms with Crippen LogP contribution in [0.2, 0.25) is 0 Å². The van der Waals surface area contributed by atoms with Crippen LogP contribution < -0.4 is 4.74 Å². The highest BCUT2D eigenvalue weighted by Gasteiger charge is 2.12. The van der Waals surface area contributed by atoms with Gasteiger partial charge in [-0.1, -0.05) is 55.1 Å². The number of ether oxygens (including phenoxy) is 2. The Hall–Kier alpha value is -2.59. The second-order valence-electron chi connectivity index (χ2n) is 5.21. The monoisotopic (exact) mass is 312 g/mol. The molecule has 0 fully saturated rings. The Bertz CT molecular complexity index is 664. The van der Waals surface area contributed by atoms with E-state index < -0.39 is 12.1 Å². The van der Waals surface area contributed by atoms with Crippen molar-refractivity contribution in [3.05, 3.63) is 66.7 Å². The predicted molar refractivity (Wildman–Crippen MR) is 89.2 cm³/mol. The molecule has 1 N–H and O–H groups in total. The van der Waals surface area contributed by atoms with E-state index in [1.165, 1.54) is 0 Å². The van der Waals surface area contributed by atoms with Gasteiger partial charge in [-0.3, -0.25) is 0 Å². The molecule has 1 unspecified atom stereocenters. The van der Waals surface area contributed by atoms with E-state index in [0.717, 1.165) is 11.1 Å². The van der Waals surface area contributed by atoms with E-state index in [2.05, 4.69) is 6.58 Å². The highest BCUT2D eigenvalue weighted by molar-refractivity contribution is 5.86. The summed E-state index contributed by atoms with van der Waals surface area (Å²) in [4.78, 5) is 11.3. The van der Waals surface area contributed by atoms with Crippen molar-refractivity contribution in [3.63, 3.8) is 0 Å². The number of benzene rings is 2. The molecule has 2 aromatic carbocycles. The third kappa shape index (κ3) is 4.97. The standard InChI is InChI=1S/C19H20O4/c1-14(2)19(21)23-13-16(20)12-22-18-11-7-6-10-17(18)15-8-4-3-5-9-15/h3-11,16,20H,1,12-13H2,2H3. The summed E-state index contributed by atoms with van der Waals surface area (Å²) >= 11 is 0. The van der Waals surface area contributed by atoms with E-state index in [9.17, 15) is 9.90 Å². The largest absolute Gasteiger partial charge is 0.490 e. The predicted octanol–water partition coefficient (Wildman–Crippen LogP) is 3.21. The molecule has 0 aliphatic rings. The Morgan fingerprint density at radius 2 is 1.74 bits per heavy atom. The van der Waals surface area contributed by atoms with Crippen LogP contribution in [0.1, 0.15) is 6.92 Å². The average Bonchev–Trinajstić information content (AvgIpc) is 2.58. The lowest BCUT2D eigenvalue weighted by atomic mass is 10.1. The lowest BCUT2D eigenvalue weighted by Crippen LogP contribution is -2.25. The molecule has 4 nitrogen and oxygen atoms in total. The lowest BCUT2D eigenvalue weighted by molar-refractivity contribution is -0.142. The molecule has 0 saturated heterocycles. The fraction of sp³-hybridized carbons (Fsp3) is 0.211. The van der Waals surface area contributed by atoms with Gasteiger partial charge in [0.15, 0.2) is 0 Å². The van der Waals surface area contributed by atoms with Gasteiger partial charge in [-0.2, -0.15) is 0 Å². The summed E-state index contributed by atoms with van der Waals surface area (Å²) in [6, 6.07) is 17.5. The Morgan fingerprint density at radius 1 is 1.09 bits per heavy atom. The van der Waals surface area contributed by atoms with Crippen molar-refractivity contribution in [3.8, 4) is 16.9 Å². The summed E-state index contributed by atoms with van der Waals surface area (Å²) in [6.07, 6.45) is -0.901. The molecule has 4 heteroatoms. The van der Waals surface area contributed by atoms with E-state index in [0.29, 0.717) is 11.3 Å². The zero-order chi connectivity index (χ0) is 16.7. The van der Waals surface area contributed by atoms with Gasteiger partial charge in [0.25, 0.3) is 0 Å². The number of para-hydroxylation sites is 1. The van der Waals surface area contributed by atoms with Gasteiger partial charge >= 0.3 is 5.97 Å². The zero-order valence-electron chi connectivity index (χ0n) is 13.1. The fourth-order valence-electron chi connectivity index (χ4n) is 1.98. The highest BCUT2D eigenvalue weighted by Crippen LogP contribution is 2.29. The van der Waals surface area contributed by atoms with Gasteiger partial charge in [-0.25, -0.2) is 4.79 Å². The van der Waals surface area contributed by atoms with Crippen molar-refractivity contribution >= 4 is 5.97 Å². The average molecular weight is 312 g/mol. The van der Waals surface area contributed by atoms with Crippen LogP contribution in [0, 0.1) is 0 Å². The first kappa shape index (κ1) is 16.8. The summed E-state index contributed by atoms with van der Waals surface area (Å²) in [5, 5.41) is 9.87.